The number of ketones is 1. The summed E-state index contributed by atoms with van der Waals surface area (Å²) in [7, 11) is 1.80. The molecule has 3 aromatic rings. The van der Waals surface area contributed by atoms with E-state index in [0.717, 1.165) is 37.7 Å². The number of carbonyl (C=O) groups is 3. The van der Waals surface area contributed by atoms with Gasteiger partial charge in [0.15, 0.2) is 0 Å². The van der Waals surface area contributed by atoms with Gasteiger partial charge in [-0.2, -0.15) is 0 Å². The molecule has 1 aromatic heterocycles. The lowest BCUT2D eigenvalue weighted by atomic mass is 9.90. The highest BCUT2D eigenvalue weighted by molar-refractivity contribution is 6.45. The summed E-state index contributed by atoms with van der Waals surface area (Å²) in [5.74, 6) is -1.05. The van der Waals surface area contributed by atoms with E-state index < -0.39 is 11.7 Å². The molecule has 8 heteroatoms. The summed E-state index contributed by atoms with van der Waals surface area (Å²) >= 11 is 6.58. The first-order valence-electron chi connectivity index (χ1n) is 13.3. The van der Waals surface area contributed by atoms with E-state index >= 15 is 0 Å². The number of nitrogens with zero attached hydrogens (tertiary/aromatic N) is 3. The smallest absolute Gasteiger partial charge is 0.295 e. The van der Waals surface area contributed by atoms with Crippen LogP contribution in [0.2, 0.25) is 5.02 Å². The molecule has 2 amide bonds. The van der Waals surface area contributed by atoms with Crippen LogP contribution in [-0.4, -0.2) is 57.1 Å². The monoisotopic (exact) mass is 537 g/mol. The highest BCUT2D eigenvalue weighted by Gasteiger charge is 2.36. The van der Waals surface area contributed by atoms with Crippen LogP contribution in [0.4, 0.5) is 4.39 Å². The summed E-state index contributed by atoms with van der Waals surface area (Å²) in [5, 5.41) is 0.883. The topological polar surface area (TPSA) is 62.6 Å². The van der Waals surface area contributed by atoms with Gasteiger partial charge in [0.1, 0.15) is 5.82 Å². The molecule has 0 saturated carbocycles. The molecule has 2 aliphatic heterocycles. The number of carbonyl (C=O) groups excluding carboxylic acids is 3. The molecule has 2 fully saturated rings. The Balaban J connectivity index is 1.34. The summed E-state index contributed by atoms with van der Waals surface area (Å²) in [6, 6.07) is 10.0. The summed E-state index contributed by atoms with van der Waals surface area (Å²) in [4.78, 5) is 43.5. The normalized spacial score (nSPS) is 20.3. The van der Waals surface area contributed by atoms with Crippen LogP contribution in [0.15, 0.2) is 42.6 Å². The van der Waals surface area contributed by atoms with Gasteiger partial charge < -0.3 is 14.4 Å². The van der Waals surface area contributed by atoms with Gasteiger partial charge in [0.2, 0.25) is 0 Å². The Kier molecular flexibility index (Phi) is 7.32. The largest absolute Gasteiger partial charge is 0.350 e. The average molecular weight is 538 g/mol. The highest BCUT2D eigenvalue weighted by Crippen LogP contribution is 2.32. The van der Waals surface area contributed by atoms with Gasteiger partial charge in [-0.05, 0) is 81.7 Å². The van der Waals surface area contributed by atoms with Crippen LogP contribution in [0.25, 0.3) is 10.9 Å². The molecule has 3 heterocycles. The molecule has 0 aliphatic carbocycles. The van der Waals surface area contributed by atoms with Crippen LogP contribution >= 0.6 is 11.6 Å². The molecule has 0 N–H and O–H groups in total. The first kappa shape index (κ1) is 26.4. The van der Waals surface area contributed by atoms with Gasteiger partial charge in [0.25, 0.3) is 17.6 Å². The molecule has 0 spiro atoms. The third-order valence-electron chi connectivity index (χ3n) is 8.27. The molecule has 2 aromatic carbocycles. The van der Waals surface area contributed by atoms with E-state index in [2.05, 4.69) is 0 Å². The third kappa shape index (κ3) is 4.96. The zero-order valence-corrected chi connectivity index (χ0v) is 22.8. The fourth-order valence-electron chi connectivity index (χ4n) is 6.04. The zero-order valence-electron chi connectivity index (χ0n) is 22.0. The summed E-state index contributed by atoms with van der Waals surface area (Å²) in [6.07, 6.45) is 5.96. The van der Waals surface area contributed by atoms with Gasteiger partial charge in [0.05, 0.1) is 21.7 Å². The number of fused-ring (bicyclic) bond motifs is 1. The molecule has 0 radical (unpaired) electrons. The second-order valence-corrected chi connectivity index (χ2v) is 11.3. The van der Waals surface area contributed by atoms with Crippen molar-refractivity contribution in [3.05, 3.63) is 70.1 Å². The lowest BCUT2D eigenvalue weighted by molar-refractivity contribution is -0.128. The fraction of sp³-hybridized carbons (Fsp3) is 0.433. The van der Waals surface area contributed by atoms with Gasteiger partial charge in [0, 0.05) is 43.8 Å². The number of hydrogen-bond acceptors (Lipinski definition) is 3. The van der Waals surface area contributed by atoms with Crippen LogP contribution in [-0.2, 0) is 18.3 Å². The Morgan fingerprint density at radius 1 is 0.947 bits per heavy atom. The number of hydrogen-bond donors (Lipinski definition) is 0. The van der Waals surface area contributed by atoms with E-state index in [4.69, 9.17) is 11.6 Å². The first-order chi connectivity index (χ1) is 18.1. The molecule has 2 atom stereocenters. The van der Waals surface area contributed by atoms with Crippen molar-refractivity contribution in [3.63, 3.8) is 0 Å². The number of aryl methyl sites for hydroxylation is 1. The van der Waals surface area contributed by atoms with Crippen molar-refractivity contribution in [1.29, 1.82) is 0 Å². The van der Waals surface area contributed by atoms with Crippen LogP contribution in [0.5, 0.6) is 0 Å². The number of aromatic nitrogens is 1. The first-order valence-corrected chi connectivity index (χ1v) is 13.7. The number of halogens is 2. The SMILES string of the molecule is CC1CCC(C)N1C(=O)C(=O)c1cn(C)c2cc(Cl)c(C(=O)N3CCC(Cc4ccc(F)cc4)CC3)cc12. The molecule has 5 rings (SSSR count). The molecule has 200 valence electrons. The van der Waals surface area contributed by atoms with Crippen LogP contribution < -0.4 is 0 Å². The molecule has 0 bridgehead atoms. The van der Waals surface area contributed by atoms with Crippen molar-refractivity contribution in [2.24, 2.45) is 13.0 Å². The fourth-order valence-corrected chi connectivity index (χ4v) is 6.28. The number of piperidine rings is 1. The van der Waals surface area contributed by atoms with E-state index in [1.807, 2.05) is 26.0 Å². The standard InChI is InChI=1S/C30H33ClFN3O3/c1-18-4-5-19(2)35(18)30(38)28(36)25-17-33(3)27-16-26(31)24(15-23(25)27)29(37)34-12-10-21(11-13-34)14-20-6-8-22(32)9-7-20/h6-9,15-19,21H,4-5,10-14H2,1-3H3. The second-order valence-electron chi connectivity index (χ2n) is 10.9. The number of Topliss-reactive ketones (excluding diaryl/α,β-unsaturated/α-hetero) is 1. The maximum Gasteiger partial charge on any atom is 0.295 e. The predicted octanol–water partition coefficient (Wildman–Crippen LogP) is 5.65. The molecule has 2 unspecified atom stereocenters. The minimum Gasteiger partial charge on any atom is -0.350 e. The molecule has 38 heavy (non-hydrogen) atoms. The van der Waals surface area contributed by atoms with Gasteiger partial charge in [-0.1, -0.05) is 23.7 Å². The van der Waals surface area contributed by atoms with E-state index in [0.29, 0.717) is 46.1 Å². The Morgan fingerprint density at radius 3 is 2.21 bits per heavy atom. The van der Waals surface area contributed by atoms with E-state index in [1.165, 1.54) is 12.1 Å². The van der Waals surface area contributed by atoms with Crippen LogP contribution in [0.3, 0.4) is 0 Å². The zero-order chi connectivity index (χ0) is 27.1. The van der Waals surface area contributed by atoms with Crippen molar-refractivity contribution in [2.45, 2.75) is 58.0 Å². The van der Waals surface area contributed by atoms with Gasteiger partial charge in [-0.3, -0.25) is 14.4 Å². The Morgan fingerprint density at radius 2 is 1.58 bits per heavy atom. The molecule has 2 aliphatic rings. The van der Waals surface area contributed by atoms with E-state index in [-0.39, 0.29) is 23.8 Å². The number of benzene rings is 2. The van der Waals surface area contributed by atoms with Gasteiger partial charge >= 0.3 is 0 Å². The number of rotatable bonds is 5. The second kappa shape index (κ2) is 10.5. The third-order valence-corrected chi connectivity index (χ3v) is 8.59. The Bertz CT molecular complexity index is 1380. The highest BCUT2D eigenvalue weighted by atomic mass is 35.5. The summed E-state index contributed by atoms with van der Waals surface area (Å²) in [5.41, 5.74) is 2.43. The minimum atomic E-state index is -0.557. The maximum atomic E-state index is 13.5. The summed E-state index contributed by atoms with van der Waals surface area (Å²) < 4.78 is 15.0. The van der Waals surface area contributed by atoms with Crippen molar-refractivity contribution in [2.75, 3.05) is 13.1 Å². The quantitative estimate of drug-likeness (QED) is 0.312. The molecule has 6 nitrogen and oxygen atoms in total. The van der Waals surface area contributed by atoms with Crippen LogP contribution in [0.1, 0.15) is 65.8 Å². The predicted molar refractivity (Wildman–Crippen MR) is 146 cm³/mol. The van der Waals surface area contributed by atoms with Crippen molar-refractivity contribution >= 4 is 40.1 Å². The molecular formula is C30H33ClFN3O3. The van der Waals surface area contributed by atoms with Gasteiger partial charge in [-0.15, -0.1) is 0 Å². The molecule has 2 saturated heterocycles. The van der Waals surface area contributed by atoms with E-state index in [9.17, 15) is 18.8 Å². The van der Waals surface area contributed by atoms with Crippen molar-refractivity contribution < 1.29 is 18.8 Å². The van der Waals surface area contributed by atoms with Gasteiger partial charge in [-0.25, -0.2) is 4.39 Å². The minimum absolute atomic E-state index is 0.0222. The lowest BCUT2D eigenvalue weighted by Crippen LogP contribution is -2.42. The Hall–Kier alpha value is -3.19. The van der Waals surface area contributed by atoms with Crippen LogP contribution in [0, 0.1) is 11.7 Å². The molecular weight excluding hydrogens is 505 g/mol. The number of amides is 2. The number of likely N-dealkylation sites (tertiary alicyclic amines) is 2. The average Bonchev–Trinajstić information content (AvgIpc) is 3.41. The lowest BCUT2D eigenvalue weighted by Gasteiger charge is -2.32. The van der Waals surface area contributed by atoms with Crippen molar-refractivity contribution in [1.82, 2.24) is 14.4 Å². The van der Waals surface area contributed by atoms with E-state index in [1.54, 1.807) is 39.7 Å². The maximum absolute atomic E-state index is 13.5. The Labute approximate surface area is 227 Å². The summed E-state index contributed by atoms with van der Waals surface area (Å²) in [6.45, 7) is 5.14. The van der Waals surface area contributed by atoms with Crippen molar-refractivity contribution in [3.8, 4) is 0 Å².